The number of halogens is 3. The van der Waals surface area contributed by atoms with Crippen molar-refractivity contribution in [2.24, 2.45) is 7.05 Å². The molecule has 212 valence electrons. The fraction of sp³-hybridized carbons (Fsp3) is 0.300. The van der Waals surface area contributed by atoms with Gasteiger partial charge in [0.2, 0.25) is 0 Å². The lowest BCUT2D eigenvalue weighted by Crippen LogP contribution is -2.48. The van der Waals surface area contributed by atoms with E-state index in [1.165, 1.54) is 47.0 Å². The topological polar surface area (TPSA) is 101 Å². The summed E-state index contributed by atoms with van der Waals surface area (Å²) in [5.74, 6) is -1.93. The van der Waals surface area contributed by atoms with Crippen molar-refractivity contribution in [2.45, 2.75) is 43.2 Å². The number of aryl methyl sites for hydroxylation is 1. The van der Waals surface area contributed by atoms with Crippen molar-refractivity contribution in [1.82, 2.24) is 19.7 Å². The Bertz CT molecular complexity index is 1640. The van der Waals surface area contributed by atoms with Crippen LogP contribution in [0.15, 0.2) is 67.1 Å². The Morgan fingerprint density at radius 3 is 2.44 bits per heavy atom. The van der Waals surface area contributed by atoms with Crippen molar-refractivity contribution < 1.29 is 28.5 Å². The zero-order chi connectivity index (χ0) is 29.2. The molecule has 2 aromatic heterocycles. The maximum atomic E-state index is 16.5. The molecule has 2 atom stereocenters. The fourth-order valence-electron chi connectivity index (χ4n) is 5.25. The third-order valence-electron chi connectivity index (χ3n) is 7.84. The number of fused-ring (bicyclic) bond motifs is 1. The van der Waals surface area contributed by atoms with Crippen LogP contribution in [-0.2, 0) is 29.7 Å². The molecule has 1 amide bonds. The summed E-state index contributed by atoms with van der Waals surface area (Å²) in [5, 5.41) is 26.7. The van der Waals surface area contributed by atoms with Gasteiger partial charge in [-0.15, -0.1) is 0 Å². The Kier molecular flexibility index (Phi) is 6.50. The maximum absolute atomic E-state index is 16.5. The van der Waals surface area contributed by atoms with Crippen LogP contribution in [0.5, 0.6) is 0 Å². The van der Waals surface area contributed by atoms with Gasteiger partial charge in [-0.25, -0.2) is 8.78 Å². The second-order valence-electron chi connectivity index (χ2n) is 10.9. The fourth-order valence-corrected chi connectivity index (χ4v) is 5.37. The standard InChI is InChI=1S/C30H27ClF2N4O4/c1-28(39,20-13-35-36(2)15-20)19-11-24-26(25(33)12-19)30(41-17-29(40)9-10-29,18-3-5-21(31)6-4-18)37(27(24)38)16-23-8-7-22(32)14-34-23/h3-8,11-15,39-40H,9-10,16-17H2,1-2H3/t28?,30-/m1/s1. The molecular formula is C30H27ClF2N4O4. The second-order valence-corrected chi connectivity index (χ2v) is 11.3. The molecule has 2 N–H and O–H groups in total. The maximum Gasteiger partial charge on any atom is 0.257 e. The highest BCUT2D eigenvalue weighted by Crippen LogP contribution is 2.50. The number of aromatic nitrogens is 3. The number of ether oxygens (including phenoxy) is 1. The van der Waals surface area contributed by atoms with Gasteiger partial charge in [0.15, 0.2) is 5.72 Å². The van der Waals surface area contributed by atoms with Gasteiger partial charge in [-0.3, -0.25) is 19.4 Å². The van der Waals surface area contributed by atoms with E-state index in [2.05, 4.69) is 10.1 Å². The lowest BCUT2D eigenvalue weighted by molar-refractivity contribution is -0.139. The second kappa shape index (κ2) is 9.70. The first-order chi connectivity index (χ1) is 19.4. The first-order valence-electron chi connectivity index (χ1n) is 13.0. The number of carbonyl (C=O) groups excluding carboxylic acids is 1. The average molecular weight is 581 g/mol. The molecule has 11 heteroatoms. The molecule has 6 rings (SSSR count). The van der Waals surface area contributed by atoms with Crippen LogP contribution in [-0.4, -0.2) is 48.0 Å². The summed E-state index contributed by atoms with van der Waals surface area (Å²) in [7, 11) is 1.69. The Morgan fingerprint density at radius 2 is 1.83 bits per heavy atom. The highest BCUT2D eigenvalue weighted by atomic mass is 35.5. The van der Waals surface area contributed by atoms with Crippen LogP contribution in [0.1, 0.15) is 58.1 Å². The molecule has 41 heavy (non-hydrogen) atoms. The summed E-state index contributed by atoms with van der Waals surface area (Å²) in [4.78, 5) is 19.7. The molecule has 1 aliphatic heterocycles. The Morgan fingerprint density at radius 1 is 1.10 bits per heavy atom. The normalized spacial score (nSPS) is 20.7. The number of benzene rings is 2. The van der Waals surface area contributed by atoms with E-state index in [4.69, 9.17) is 16.3 Å². The molecule has 4 aromatic rings. The number of pyridine rings is 1. The first-order valence-corrected chi connectivity index (χ1v) is 13.4. The van der Waals surface area contributed by atoms with Crippen molar-refractivity contribution in [2.75, 3.05) is 6.61 Å². The van der Waals surface area contributed by atoms with Crippen molar-refractivity contribution in [3.63, 3.8) is 0 Å². The van der Waals surface area contributed by atoms with E-state index < -0.39 is 34.5 Å². The number of nitrogens with zero attached hydrogens (tertiary/aromatic N) is 4. The summed E-state index contributed by atoms with van der Waals surface area (Å²) < 4.78 is 38.1. The monoisotopic (exact) mass is 580 g/mol. The van der Waals surface area contributed by atoms with Crippen LogP contribution in [0.2, 0.25) is 5.02 Å². The Hall–Kier alpha value is -3.70. The molecule has 0 saturated heterocycles. The van der Waals surface area contributed by atoms with E-state index in [1.54, 1.807) is 37.5 Å². The molecule has 0 bridgehead atoms. The average Bonchev–Trinajstić information content (AvgIpc) is 3.42. The molecular weight excluding hydrogens is 554 g/mol. The van der Waals surface area contributed by atoms with E-state index in [0.717, 1.165) is 6.20 Å². The van der Waals surface area contributed by atoms with Gasteiger partial charge in [-0.05, 0) is 61.7 Å². The number of hydrogen-bond donors (Lipinski definition) is 2. The number of aliphatic hydroxyl groups is 2. The third kappa shape index (κ3) is 4.70. The molecule has 1 fully saturated rings. The van der Waals surface area contributed by atoms with Gasteiger partial charge in [-0.1, -0.05) is 23.7 Å². The van der Waals surface area contributed by atoms with Crippen molar-refractivity contribution in [3.8, 4) is 0 Å². The van der Waals surface area contributed by atoms with Crippen LogP contribution in [0.25, 0.3) is 0 Å². The zero-order valence-corrected chi connectivity index (χ0v) is 23.1. The summed E-state index contributed by atoms with van der Waals surface area (Å²) in [6, 6.07) is 11.7. The summed E-state index contributed by atoms with van der Waals surface area (Å²) in [5.41, 5.74) is -3.42. The summed E-state index contributed by atoms with van der Waals surface area (Å²) >= 11 is 6.18. The Labute approximate surface area is 239 Å². The van der Waals surface area contributed by atoms with Crippen LogP contribution >= 0.6 is 11.6 Å². The van der Waals surface area contributed by atoms with Gasteiger partial charge in [0.1, 0.15) is 17.2 Å². The number of amides is 1. The summed E-state index contributed by atoms with van der Waals surface area (Å²) in [6.07, 6.45) is 5.11. The van der Waals surface area contributed by atoms with Crippen molar-refractivity contribution in [3.05, 3.63) is 117 Å². The van der Waals surface area contributed by atoms with Crippen molar-refractivity contribution in [1.29, 1.82) is 0 Å². The molecule has 1 aliphatic carbocycles. The predicted molar refractivity (Wildman–Crippen MR) is 145 cm³/mol. The van der Waals surface area contributed by atoms with E-state index in [-0.39, 0.29) is 29.8 Å². The lowest BCUT2D eigenvalue weighted by Gasteiger charge is -2.40. The lowest BCUT2D eigenvalue weighted by atomic mass is 9.85. The minimum absolute atomic E-state index is 0.0241. The highest BCUT2D eigenvalue weighted by molar-refractivity contribution is 6.30. The number of rotatable bonds is 8. The van der Waals surface area contributed by atoms with Crippen LogP contribution in [0.3, 0.4) is 0 Å². The third-order valence-corrected chi connectivity index (χ3v) is 8.09. The van der Waals surface area contributed by atoms with E-state index in [9.17, 15) is 19.4 Å². The zero-order valence-electron chi connectivity index (χ0n) is 22.3. The van der Waals surface area contributed by atoms with Gasteiger partial charge < -0.3 is 14.9 Å². The van der Waals surface area contributed by atoms with Crippen LogP contribution < -0.4 is 0 Å². The number of carbonyl (C=O) groups is 1. The predicted octanol–water partition coefficient (Wildman–Crippen LogP) is 4.40. The SMILES string of the molecule is Cn1cc(C(C)(O)c2cc(F)c3c(c2)C(=O)N(Cc2ccc(F)cn2)[C@@]3(OCC2(O)CC2)c2ccc(Cl)cc2)cn1. The molecule has 0 spiro atoms. The van der Waals surface area contributed by atoms with Gasteiger partial charge in [0.05, 0.1) is 48.0 Å². The molecule has 1 saturated carbocycles. The van der Waals surface area contributed by atoms with Gasteiger partial charge in [0.25, 0.3) is 5.91 Å². The first kappa shape index (κ1) is 27.5. The Balaban J connectivity index is 1.56. The molecule has 1 unspecified atom stereocenters. The van der Waals surface area contributed by atoms with E-state index >= 15 is 4.39 Å². The van der Waals surface area contributed by atoms with E-state index in [0.29, 0.717) is 34.7 Å². The molecule has 8 nitrogen and oxygen atoms in total. The smallest absolute Gasteiger partial charge is 0.257 e. The minimum atomic E-state index is -1.83. The van der Waals surface area contributed by atoms with Gasteiger partial charge in [-0.2, -0.15) is 5.10 Å². The quantitative estimate of drug-likeness (QED) is 0.320. The van der Waals surface area contributed by atoms with E-state index in [1.807, 2.05) is 0 Å². The highest BCUT2D eigenvalue weighted by Gasteiger charge is 2.56. The summed E-state index contributed by atoms with van der Waals surface area (Å²) in [6.45, 7) is 1.16. The van der Waals surface area contributed by atoms with Crippen LogP contribution in [0.4, 0.5) is 8.78 Å². The van der Waals surface area contributed by atoms with Crippen molar-refractivity contribution >= 4 is 17.5 Å². The molecule has 2 aromatic carbocycles. The number of hydrogen-bond acceptors (Lipinski definition) is 6. The van der Waals surface area contributed by atoms with Gasteiger partial charge >= 0.3 is 0 Å². The molecule has 0 radical (unpaired) electrons. The largest absolute Gasteiger partial charge is 0.387 e. The minimum Gasteiger partial charge on any atom is -0.387 e. The molecule has 2 aliphatic rings. The molecule has 3 heterocycles. The van der Waals surface area contributed by atoms with Crippen LogP contribution in [0, 0.1) is 11.6 Å². The van der Waals surface area contributed by atoms with Gasteiger partial charge in [0, 0.05) is 29.4 Å².